The van der Waals surface area contributed by atoms with Gasteiger partial charge in [-0.2, -0.15) is 0 Å². The van der Waals surface area contributed by atoms with E-state index in [-0.39, 0.29) is 24.0 Å². The molecule has 2 saturated heterocycles. The van der Waals surface area contributed by atoms with Crippen molar-refractivity contribution in [3.05, 3.63) is 59.8 Å². The third kappa shape index (κ3) is 6.82. The lowest BCUT2D eigenvalue weighted by molar-refractivity contribution is 0.127. The lowest BCUT2D eigenvalue weighted by Gasteiger charge is -2.40. The second kappa shape index (κ2) is 13.3. The number of anilines is 1. The number of pyridine rings is 1. The molecule has 0 saturated carbocycles. The monoisotopic (exact) mass is 577 g/mol. The summed E-state index contributed by atoms with van der Waals surface area (Å²) in [5.41, 5.74) is 2.60. The minimum absolute atomic E-state index is 0. The van der Waals surface area contributed by atoms with Gasteiger partial charge in [-0.15, -0.1) is 24.0 Å². The van der Waals surface area contributed by atoms with E-state index in [2.05, 4.69) is 86.3 Å². The lowest BCUT2D eigenvalue weighted by Crippen LogP contribution is -2.52. The van der Waals surface area contributed by atoms with Gasteiger partial charge in [-0.3, -0.25) is 9.89 Å². The van der Waals surface area contributed by atoms with Crippen LogP contribution in [-0.4, -0.2) is 92.1 Å². The summed E-state index contributed by atoms with van der Waals surface area (Å²) in [5.74, 6) is 2.06. The van der Waals surface area contributed by atoms with Crippen LogP contribution in [0.2, 0.25) is 0 Å². The predicted molar refractivity (Wildman–Crippen MR) is 152 cm³/mol. The average molecular weight is 578 g/mol. The van der Waals surface area contributed by atoms with E-state index in [1.54, 1.807) is 0 Å². The fourth-order valence-electron chi connectivity index (χ4n) is 4.88. The van der Waals surface area contributed by atoms with Gasteiger partial charge in [-0.05, 0) is 30.7 Å². The van der Waals surface area contributed by atoms with Crippen molar-refractivity contribution in [2.24, 2.45) is 4.99 Å². The first-order chi connectivity index (χ1) is 16.2. The molecule has 186 valence electrons. The minimum Gasteiger partial charge on any atom is -0.354 e. The van der Waals surface area contributed by atoms with Gasteiger partial charge in [-0.25, -0.2) is 4.98 Å². The zero-order chi connectivity index (χ0) is 23.0. The fourth-order valence-corrected chi connectivity index (χ4v) is 4.88. The molecule has 2 aliphatic heterocycles. The Morgan fingerprint density at radius 2 is 1.68 bits per heavy atom. The van der Waals surface area contributed by atoms with E-state index in [1.807, 2.05) is 13.2 Å². The lowest BCUT2D eigenvalue weighted by atomic mass is 10.0. The van der Waals surface area contributed by atoms with Crippen LogP contribution >= 0.6 is 24.0 Å². The number of nitrogens with one attached hydrogen (secondary N) is 1. The number of guanidine groups is 1. The summed E-state index contributed by atoms with van der Waals surface area (Å²) in [6.45, 7) is 11.4. The van der Waals surface area contributed by atoms with Crippen LogP contribution in [0.3, 0.4) is 0 Å². The molecular weight excluding hydrogens is 537 g/mol. The Bertz CT molecular complexity index is 874. The van der Waals surface area contributed by atoms with Gasteiger partial charge >= 0.3 is 0 Å². The third-order valence-electron chi connectivity index (χ3n) is 6.92. The molecule has 2 aliphatic rings. The maximum absolute atomic E-state index is 4.72. The Hall–Kier alpha value is -1.91. The van der Waals surface area contributed by atoms with Gasteiger partial charge in [0.25, 0.3) is 0 Å². The van der Waals surface area contributed by atoms with Crippen LogP contribution in [0.4, 0.5) is 5.82 Å². The van der Waals surface area contributed by atoms with Crippen LogP contribution in [0.15, 0.2) is 53.7 Å². The molecule has 0 aliphatic carbocycles. The standard InChI is InChI=1S/C26H39N7.HI/c1-4-24(23-8-6-5-7-9-23)31-16-18-33(19-17-31)26(27-2)29-21-22-10-11-25(28-20-22)32-14-12-30(3)13-15-32;/h5-11,20,24H,4,12-19,21H2,1-3H3,(H,27,29);1H. The van der Waals surface area contributed by atoms with Crippen LogP contribution in [0.5, 0.6) is 0 Å². The maximum atomic E-state index is 4.72. The number of hydrogen-bond acceptors (Lipinski definition) is 5. The number of piperazine rings is 2. The smallest absolute Gasteiger partial charge is 0.194 e. The van der Waals surface area contributed by atoms with Crippen molar-refractivity contribution in [1.29, 1.82) is 0 Å². The molecule has 2 fully saturated rings. The summed E-state index contributed by atoms with van der Waals surface area (Å²) < 4.78 is 0. The Kier molecular flexibility index (Phi) is 10.4. The summed E-state index contributed by atoms with van der Waals surface area (Å²) in [5, 5.41) is 3.55. The van der Waals surface area contributed by atoms with E-state index in [4.69, 9.17) is 4.98 Å². The molecule has 0 amide bonds. The molecule has 1 aromatic heterocycles. The van der Waals surface area contributed by atoms with E-state index in [0.29, 0.717) is 6.04 Å². The van der Waals surface area contributed by atoms with Crippen molar-refractivity contribution in [3.8, 4) is 0 Å². The number of hydrogen-bond donors (Lipinski definition) is 1. The summed E-state index contributed by atoms with van der Waals surface area (Å²) >= 11 is 0. The number of aromatic nitrogens is 1. The van der Waals surface area contributed by atoms with Gasteiger partial charge in [0.15, 0.2) is 5.96 Å². The molecule has 3 heterocycles. The highest BCUT2D eigenvalue weighted by atomic mass is 127. The maximum Gasteiger partial charge on any atom is 0.194 e. The fraction of sp³-hybridized carbons (Fsp3) is 0.538. The molecule has 1 unspecified atom stereocenters. The number of halogens is 1. The van der Waals surface area contributed by atoms with Gasteiger partial charge in [0.2, 0.25) is 0 Å². The van der Waals surface area contributed by atoms with Crippen LogP contribution < -0.4 is 10.2 Å². The second-order valence-corrected chi connectivity index (χ2v) is 9.07. The van der Waals surface area contributed by atoms with Crippen molar-refractivity contribution in [1.82, 2.24) is 25.0 Å². The first kappa shape index (κ1) is 26.7. The number of benzene rings is 1. The second-order valence-electron chi connectivity index (χ2n) is 9.07. The molecule has 1 aromatic carbocycles. The van der Waals surface area contributed by atoms with Crippen molar-refractivity contribution < 1.29 is 0 Å². The van der Waals surface area contributed by atoms with Crippen molar-refractivity contribution in [2.45, 2.75) is 25.9 Å². The van der Waals surface area contributed by atoms with E-state index in [1.165, 1.54) is 11.1 Å². The number of likely N-dealkylation sites (N-methyl/N-ethyl adjacent to an activating group) is 1. The highest BCUT2D eigenvalue weighted by Crippen LogP contribution is 2.25. The predicted octanol–water partition coefficient (Wildman–Crippen LogP) is 3.30. The largest absolute Gasteiger partial charge is 0.354 e. The zero-order valence-electron chi connectivity index (χ0n) is 20.9. The van der Waals surface area contributed by atoms with Crippen molar-refractivity contribution >= 4 is 35.8 Å². The number of rotatable bonds is 6. The van der Waals surface area contributed by atoms with Gasteiger partial charge in [-0.1, -0.05) is 43.3 Å². The Morgan fingerprint density at radius 3 is 2.26 bits per heavy atom. The van der Waals surface area contributed by atoms with Crippen LogP contribution in [0.25, 0.3) is 0 Å². The highest BCUT2D eigenvalue weighted by Gasteiger charge is 2.25. The van der Waals surface area contributed by atoms with Gasteiger partial charge in [0.05, 0.1) is 0 Å². The summed E-state index contributed by atoms with van der Waals surface area (Å²) in [4.78, 5) is 19.0. The van der Waals surface area contributed by atoms with E-state index in [0.717, 1.165) is 77.1 Å². The van der Waals surface area contributed by atoms with Gasteiger partial charge in [0, 0.05) is 78.2 Å². The van der Waals surface area contributed by atoms with Gasteiger partial charge in [0.1, 0.15) is 5.82 Å². The first-order valence-electron chi connectivity index (χ1n) is 12.3. The molecule has 2 aromatic rings. The van der Waals surface area contributed by atoms with Crippen LogP contribution in [-0.2, 0) is 6.54 Å². The molecule has 0 spiro atoms. The minimum atomic E-state index is 0. The zero-order valence-corrected chi connectivity index (χ0v) is 23.2. The number of aliphatic imine (C=N–C) groups is 1. The Balaban J connectivity index is 0.00000324. The molecule has 0 radical (unpaired) electrons. The van der Waals surface area contributed by atoms with Crippen LogP contribution in [0, 0.1) is 0 Å². The number of nitrogens with zero attached hydrogens (tertiary/aromatic N) is 6. The van der Waals surface area contributed by atoms with Gasteiger partial charge < -0.3 is 20.0 Å². The molecule has 1 atom stereocenters. The third-order valence-corrected chi connectivity index (χ3v) is 6.92. The van der Waals surface area contributed by atoms with E-state index in [9.17, 15) is 0 Å². The normalized spacial score (nSPS) is 19.0. The first-order valence-corrected chi connectivity index (χ1v) is 12.3. The van der Waals surface area contributed by atoms with Crippen molar-refractivity contribution in [2.75, 3.05) is 71.4 Å². The molecule has 0 bridgehead atoms. The molecule has 4 rings (SSSR count). The SMILES string of the molecule is CCC(c1ccccc1)N1CCN(C(=NC)NCc2ccc(N3CCN(C)CC3)nc2)CC1.I. The molecule has 34 heavy (non-hydrogen) atoms. The summed E-state index contributed by atoms with van der Waals surface area (Å²) in [6.07, 6.45) is 3.13. The summed E-state index contributed by atoms with van der Waals surface area (Å²) in [7, 11) is 4.06. The topological polar surface area (TPSA) is 50.2 Å². The van der Waals surface area contributed by atoms with Crippen LogP contribution in [0.1, 0.15) is 30.5 Å². The molecular formula is C26H40IN7. The van der Waals surface area contributed by atoms with Crippen molar-refractivity contribution in [3.63, 3.8) is 0 Å². The molecule has 7 nitrogen and oxygen atoms in total. The average Bonchev–Trinajstić information content (AvgIpc) is 2.87. The molecule has 1 N–H and O–H groups in total. The highest BCUT2D eigenvalue weighted by molar-refractivity contribution is 14.0. The quantitative estimate of drug-likeness (QED) is 0.323. The Labute approximate surface area is 222 Å². The summed E-state index contributed by atoms with van der Waals surface area (Å²) in [6, 6.07) is 15.7. The van der Waals surface area contributed by atoms with E-state index < -0.39 is 0 Å². The Morgan fingerprint density at radius 1 is 0.971 bits per heavy atom. The van der Waals surface area contributed by atoms with E-state index >= 15 is 0 Å². The molecule has 8 heteroatoms.